The number of nitrogens with zero attached hydrogens (tertiary/aromatic N) is 1. The normalized spacial score (nSPS) is 12.1. The molecule has 2 N–H and O–H groups in total. The van der Waals surface area contributed by atoms with Gasteiger partial charge in [-0.3, -0.25) is 0 Å². The van der Waals surface area contributed by atoms with E-state index in [9.17, 15) is 17.2 Å². The SMILES string of the molecule is COCCCN(C)S(=O)(=O)c1cc(N)c(F)cc1F. The quantitative estimate of drug-likeness (QED) is 0.632. The zero-order valence-corrected chi connectivity index (χ0v) is 11.5. The van der Waals surface area contributed by atoms with E-state index in [0.717, 1.165) is 10.4 Å². The summed E-state index contributed by atoms with van der Waals surface area (Å²) < 4.78 is 56.5. The lowest BCUT2D eigenvalue weighted by Crippen LogP contribution is -2.29. The number of nitrogens with two attached hydrogens (primary N) is 1. The van der Waals surface area contributed by atoms with Gasteiger partial charge in [0.2, 0.25) is 10.0 Å². The van der Waals surface area contributed by atoms with Crippen LogP contribution in [0.5, 0.6) is 0 Å². The van der Waals surface area contributed by atoms with Crippen molar-refractivity contribution in [2.45, 2.75) is 11.3 Å². The predicted octanol–water partition coefficient (Wildman–Crippen LogP) is 1.20. The highest BCUT2D eigenvalue weighted by Gasteiger charge is 2.25. The highest BCUT2D eigenvalue weighted by atomic mass is 32.2. The van der Waals surface area contributed by atoms with Gasteiger partial charge in [-0.05, 0) is 12.5 Å². The molecule has 19 heavy (non-hydrogen) atoms. The number of ether oxygens (including phenoxy) is 1. The maximum absolute atomic E-state index is 13.5. The van der Waals surface area contributed by atoms with Crippen molar-refractivity contribution in [2.24, 2.45) is 0 Å². The summed E-state index contributed by atoms with van der Waals surface area (Å²) in [4.78, 5) is -0.633. The van der Waals surface area contributed by atoms with Gasteiger partial charge < -0.3 is 10.5 Å². The fourth-order valence-corrected chi connectivity index (χ4v) is 2.75. The van der Waals surface area contributed by atoms with Crippen LogP contribution >= 0.6 is 0 Å². The lowest BCUT2D eigenvalue weighted by Gasteiger charge is -2.17. The first kappa shape index (κ1) is 15.8. The molecule has 8 heteroatoms. The molecule has 1 rings (SSSR count). The zero-order valence-electron chi connectivity index (χ0n) is 10.7. The molecule has 0 aliphatic carbocycles. The molecule has 1 aromatic rings. The van der Waals surface area contributed by atoms with Gasteiger partial charge in [-0.15, -0.1) is 0 Å². The Bertz CT molecular complexity index is 549. The van der Waals surface area contributed by atoms with Crippen LogP contribution in [-0.4, -0.2) is 40.0 Å². The molecule has 0 bridgehead atoms. The molecule has 0 saturated heterocycles. The van der Waals surface area contributed by atoms with Gasteiger partial charge >= 0.3 is 0 Å². The minimum absolute atomic E-state index is 0.160. The van der Waals surface area contributed by atoms with Crippen molar-refractivity contribution < 1.29 is 21.9 Å². The average molecular weight is 294 g/mol. The largest absolute Gasteiger partial charge is 0.396 e. The Balaban J connectivity index is 3.03. The second-order valence-corrected chi connectivity index (χ2v) is 5.99. The lowest BCUT2D eigenvalue weighted by molar-refractivity contribution is 0.189. The van der Waals surface area contributed by atoms with Gasteiger partial charge in [-0.25, -0.2) is 21.5 Å². The second kappa shape index (κ2) is 6.27. The molecule has 0 saturated carbocycles. The van der Waals surface area contributed by atoms with E-state index in [1.807, 2.05) is 0 Å². The summed E-state index contributed by atoms with van der Waals surface area (Å²) in [6.45, 7) is 0.542. The number of rotatable bonds is 6. The van der Waals surface area contributed by atoms with E-state index >= 15 is 0 Å². The number of nitrogen functional groups attached to an aromatic ring is 1. The molecular formula is C11H16F2N2O3S. The molecule has 5 nitrogen and oxygen atoms in total. The van der Waals surface area contributed by atoms with Gasteiger partial charge in [-0.1, -0.05) is 0 Å². The number of halogens is 2. The van der Waals surface area contributed by atoms with Crippen LogP contribution in [0.25, 0.3) is 0 Å². The molecule has 1 aromatic carbocycles. The molecule has 0 aliphatic rings. The van der Waals surface area contributed by atoms with Crippen LogP contribution in [0.15, 0.2) is 17.0 Å². The van der Waals surface area contributed by atoms with Crippen LogP contribution in [0.1, 0.15) is 6.42 Å². The summed E-state index contributed by atoms with van der Waals surface area (Å²) >= 11 is 0. The number of sulfonamides is 1. The van der Waals surface area contributed by atoms with Crippen molar-refractivity contribution in [3.05, 3.63) is 23.8 Å². The van der Waals surface area contributed by atoms with E-state index in [-0.39, 0.29) is 6.54 Å². The third-order valence-corrected chi connectivity index (χ3v) is 4.43. The first-order chi connectivity index (χ1) is 8.80. The monoisotopic (exact) mass is 294 g/mol. The third kappa shape index (κ3) is 3.62. The van der Waals surface area contributed by atoms with Gasteiger partial charge in [0.25, 0.3) is 0 Å². The molecule has 0 fully saturated rings. The van der Waals surface area contributed by atoms with Crippen LogP contribution in [0.4, 0.5) is 14.5 Å². The van der Waals surface area contributed by atoms with Crippen molar-refractivity contribution >= 4 is 15.7 Å². The molecule has 0 spiro atoms. The van der Waals surface area contributed by atoms with Crippen LogP contribution in [0.2, 0.25) is 0 Å². The summed E-state index contributed by atoms with van der Waals surface area (Å²) in [6, 6.07) is 1.25. The van der Waals surface area contributed by atoms with Crippen molar-refractivity contribution in [1.29, 1.82) is 0 Å². The summed E-state index contributed by atoms with van der Waals surface area (Å²) in [7, 11) is -1.23. The Morgan fingerprint density at radius 2 is 1.95 bits per heavy atom. The highest BCUT2D eigenvalue weighted by Crippen LogP contribution is 2.23. The van der Waals surface area contributed by atoms with Crippen molar-refractivity contribution in [3.63, 3.8) is 0 Å². The van der Waals surface area contributed by atoms with Crippen molar-refractivity contribution in [3.8, 4) is 0 Å². The Morgan fingerprint density at radius 1 is 1.32 bits per heavy atom. The van der Waals surface area contributed by atoms with E-state index in [1.54, 1.807) is 0 Å². The smallest absolute Gasteiger partial charge is 0.245 e. The van der Waals surface area contributed by atoms with Gasteiger partial charge in [-0.2, -0.15) is 0 Å². The van der Waals surface area contributed by atoms with E-state index in [0.29, 0.717) is 19.1 Å². The second-order valence-electron chi connectivity index (χ2n) is 3.98. The molecular weight excluding hydrogens is 278 g/mol. The average Bonchev–Trinajstić information content (AvgIpc) is 2.33. The van der Waals surface area contributed by atoms with Crippen LogP contribution in [-0.2, 0) is 14.8 Å². The molecule has 108 valence electrons. The molecule has 0 aromatic heterocycles. The summed E-state index contributed by atoms with van der Waals surface area (Å²) in [5, 5.41) is 0. The Morgan fingerprint density at radius 3 is 2.53 bits per heavy atom. The highest BCUT2D eigenvalue weighted by molar-refractivity contribution is 7.89. The van der Waals surface area contributed by atoms with Gasteiger partial charge in [0.1, 0.15) is 16.5 Å². The maximum atomic E-state index is 13.5. The fourth-order valence-electron chi connectivity index (χ4n) is 1.46. The molecule has 0 heterocycles. The maximum Gasteiger partial charge on any atom is 0.245 e. The Hall–Kier alpha value is -1.25. The molecule has 0 atom stereocenters. The van der Waals surface area contributed by atoms with Gasteiger partial charge in [0.05, 0.1) is 5.69 Å². The predicted molar refractivity (Wildman–Crippen MR) is 67.1 cm³/mol. The van der Waals surface area contributed by atoms with Crippen LogP contribution in [0, 0.1) is 11.6 Å². The minimum Gasteiger partial charge on any atom is -0.396 e. The van der Waals surface area contributed by atoms with Crippen LogP contribution in [0.3, 0.4) is 0 Å². The number of hydrogen-bond donors (Lipinski definition) is 1. The van der Waals surface area contributed by atoms with E-state index in [1.165, 1.54) is 14.2 Å². The molecule has 0 aliphatic heterocycles. The third-order valence-electron chi connectivity index (χ3n) is 2.56. The van der Waals surface area contributed by atoms with Gasteiger partial charge in [0, 0.05) is 33.4 Å². The number of hydrogen-bond acceptors (Lipinski definition) is 4. The standard InChI is InChI=1S/C11H16F2N2O3S/c1-15(4-3-5-18-2)19(16,17)11-7-10(14)8(12)6-9(11)13/h6-7H,3-5,14H2,1-2H3. The Kier molecular flexibility index (Phi) is 5.21. The van der Waals surface area contributed by atoms with Crippen molar-refractivity contribution in [2.75, 3.05) is 33.0 Å². The fraction of sp³-hybridized carbons (Fsp3) is 0.455. The number of methoxy groups -OCH3 is 1. The number of benzene rings is 1. The first-order valence-corrected chi connectivity index (χ1v) is 6.94. The zero-order chi connectivity index (χ0) is 14.6. The number of anilines is 1. The van der Waals surface area contributed by atoms with Crippen LogP contribution < -0.4 is 5.73 Å². The van der Waals surface area contributed by atoms with Gasteiger partial charge in [0.15, 0.2) is 0 Å². The lowest BCUT2D eigenvalue weighted by atomic mass is 10.3. The molecule has 0 unspecified atom stereocenters. The molecule has 0 amide bonds. The van der Waals surface area contributed by atoms with E-state index < -0.39 is 32.2 Å². The first-order valence-electron chi connectivity index (χ1n) is 5.50. The summed E-state index contributed by atoms with van der Waals surface area (Å²) in [5.74, 6) is -2.15. The van der Waals surface area contributed by atoms with E-state index in [2.05, 4.69) is 0 Å². The summed E-state index contributed by atoms with van der Waals surface area (Å²) in [5.41, 5.74) is 4.85. The topological polar surface area (TPSA) is 72.6 Å². The Labute approximate surface area is 111 Å². The van der Waals surface area contributed by atoms with Crippen molar-refractivity contribution in [1.82, 2.24) is 4.31 Å². The summed E-state index contributed by atoms with van der Waals surface area (Å²) in [6.07, 6.45) is 0.463. The molecule has 0 radical (unpaired) electrons. The van der Waals surface area contributed by atoms with E-state index in [4.69, 9.17) is 10.5 Å². The minimum atomic E-state index is -4.03.